The highest BCUT2D eigenvalue weighted by Crippen LogP contribution is 2.17. The van der Waals surface area contributed by atoms with Crippen LogP contribution in [0.4, 0.5) is 0 Å². The molecular weight excluding hydrogens is 290 g/mol. The first-order valence-electron chi connectivity index (χ1n) is 7.17. The Morgan fingerprint density at radius 2 is 1.83 bits per heavy atom. The molecular formula is C17H13N5O. The Kier molecular flexibility index (Phi) is 3.01. The Morgan fingerprint density at radius 1 is 1.00 bits per heavy atom. The molecule has 1 aromatic carbocycles. The molecule has 0 aliphatic rings. The van der Waals surface area contributed by atoms with E-state index in [0.717, 1.165) is 16.6 Å². The number of hydrogen-bond acceptors (Lipinski definition) is 4. The first-order chi connectivity index (χ1) is 11.2. The molecule has 4 rings (SSSR count). The van der Waals surface area contributed by atoms with Gasteiger partial charge in [-0.15, -0.1) is 5.10 Å². The molecule has 3 heterocycles. The van der Waals surface area contributed by atoms with E-state index in [2.05, 4.69) is 15.3 Å². The van der Waals surface area contributed by atoms with Crippen molar-refractivity contribution in [2.45, 2.75) is 0 Å². The summed E-state index contributed by atoms with van der Waals surface area (Å²) >= 11 is 0. The summed E-state index contributed by atoms with van der Waals surface area (Å²) in [6.07, 6.45) is 3.41. The van der Waals surface area contributed by atoms with Crippen molar-refractivity contribution >= 4 is 10.9 Å². The molecule has 6 nitrogen and oxygen atoms in total. The fourth-order valence-corrected chi connectivity index (χ4v) is 2.58. The van der Waals surface area contributed by atoms with Crippen molar-refractivity contribution < 1.29 is 0 Å². The molecule has 112 valence electrons. The Hall–Kier alpha value is -3.28. The van der Waals surface area contributed by atoms with Crippen molar-refractivity contribution in [3.8, 4) is 17.1 Å². The normalized spacial score (nSPS) is 11.0. The summed E-state index contributed by atoms with van der Waals surface area (Å²) in [5, 5.41) is 9.17. The third-order valence-corrected chi connectivity index (χ3v) is 3.78. The zero-order valence-corrected chi connectivity index (χ0v) is 12.4. The maximum absolute atomic E-state index is 12.6. The fourth-order valence-electron chi connectivity index (χ4n) is 2.58. The quantitative estimate of drug-likeness (QED) is 0.569. The molecule has 23 heavy (non-hydrogen) atoms. The van der Waals surface area contributed by atoms with Crippen LogP contribution in [0.3, 0.4) is 0 Å². The van der Waals surface area contributed by atoms with Gasteiger partial charge in [-0.2, -0.15) is 0 Å². The highest BCUT2D eigenvalue weighted by Gasteiger charge is 2.11. The van der Waals surface area contributed by atoms with Crippen molar-refractivity contribution in [1.29, 1.82) is 0 Å². The van der Waals surface area contributed by atoms with Crippen LogP contribution in [0.2, 0.25) is 0 Å². The van der Waals surface area contributed by atoms with Gasteiger partial charge in [-0.25, -0.2) is 4.68 Å². The van der Waals surface area contributed by atoms with E-state index in [1.54, 1.807) is 24.0 Å². The van der Waals surface area contributed by atoms with E-state index in [1.165, 1.54) is 4.68 Å². The molecule has 6 heteroatoms. The molecule has 0 aliphatic heterocycles. The zero-order chi connectivity index (χ0) is 15.8. The van der Waals surface area contributed by atoms with Gasteiger partial charge in [-0.05, 0) is 24.3 Å². The Balaban J connectivity index is 1.89. The summed E-state index contributed by atoms with van der Waals surface area (Å²) in [5.41, 5.74) is 2.56. The third kappa shape index (κ3) is 2.20. The Morgan fingerprint density at radius 3 is 2.65 bits per heavy atom. The molecule has 0 saturated heterocycles. The second kappa shape index (κ2) is 5.17. The molecule has 0 amide bonds. The van der Waals surface area contributed by atoms with Gasteiger partial charge in [0.25, 0.3) is 5.56 Å². The lowest BCUT2D eigenvalue weighted by atomic mass is 10.2. The average molecular weight is 303 g/mol. The number of para-hydroxylation sites is 1. The molecule has 0 saturated carbocycles. The number of rotatable bonds is 2. The van der Waals surface area contributed by atoms with Crippen LogP contribution in [0.5, 0.6) is 0 Å². The molecule has 0 atom stereocenters. The summed E-state index contributed by atoms with van der Waals surface area (Å²) in [6, 6.07) is 15.1. The number of aromatic nitrogens is 5. The van der Waals surface area contributed by atoms with Crippen molar-refractivity contribution in [2.75, 3.05) is 0 Å². The summed E-state index contributed by atoms with van der Waals surface area (Å²) in [6.45, 7) is 0. The van der Waals surface area contributed by atoms with Crippen LogP contribution in [-0.4, -0.2) is 24.5 Å². The van der Waals surface area contributed by atoms with E-state index in [1.807, 2.05) is 48.5 Å². The number of benzene rings is 1. The molecule has 0 N–H and O–H groups in total. The van der Waals surface area contributed by atoms with Gasteiger partial charge in [0, 0.05) is 18.6 Å². The topological polar surface area (TPSA) is 65.6 Å². The van der Waals surface area contributed by atoms with E-state index in [4.69, 9.17) is 0 Å². The molecule has 3 aromatic heterocycles. The molecule has 0 unspecified atom stereocenters. The molecule has 0 spiro atoms. The summed E-state index contributed by atoms with van der Waals surface area (Å²) in [7, 11) is 1.75. The molecule has 0 bridgehead atoms. The maximum Gasteiger partial charge on any atom is 0.276 e. The van der Waals surface area contributed by atoms with Crippen molar-refractivity contribution in [2.24, 2.45) is 7.05 Å². The van der Waals surface area contributed by atoms with Crippen molar-refractivity contribution in [3.05, 3.63) is 71.3 Å². The van der Waals surface area contributed by atoms with Gasteiger partial charge in [0.15, 0.2) is 0 Å². The van der Waals surface area contributed by atoms with Crippen molar-refractivity contribution in [1.82, 2.24) is 24.5 Å². The minimum atomic E-state index is -0.124. The van der Waals surface area contributed by atoms with Crippen LogP contribution in [0, 0.1) is 0 Å². The second-order valence-electron chi connectivity index (χ2n) is 5.22. The lowest BCUT2D eigenvalue weighted by molar-refractivity contribution is 0.776. The van der Waals surface area contributed by atoms with Crippen LogP contribution in [0.1, 0.15) is 0 Å². The first kappa shape index (κ1) is 13.4. The average Bonchev–Trinajstić information content (AvgIpc) is 3.09. The molecule has 0 radical (unpaired) electrons. The number of hydrogen-bond donors (Lipinski definition) is 0. The largest absolute Gasteiger partial charge is 0.309 e. The highest BCUT2D eigenvalue weighted by atomic mass is 16.1. The monoisotopic (exact) mass is 303 g/mol. The standard InChI is InChI=1S/C17H13N5O/c1-21-15-8-3-2-6-12(15)10-16(17(21)23)22-11-14(19-20-22)13-7-4-5-9-18-13/h2-11H,1H3. The van der Waals surface area contributed by atoms with Gasteiger partial charge < -0.3 is 4.57 Å². The lowest BCUT2D eigenvalue weighted by Gasteiger charge is -2.07. The van der Waals surface area contributed by atoms with Crippen molar-refractivity contribution in [3.63, 3.8) is 0 Å². The summed E-state index contributed by atoms with van der Waals surface area (Å²) in [4.78, 5) is 16.8. The minimum absolute atomic E-state index is 0.124. The predicted molar refractivity (Wildman–Crippen MR) is 87.3 cm³/mol. The smallest absolute Gasteiger partial charge is 0.276 e. The summed E-state index contributed by atoms with van der Waals surface area (Å²) in [5.74, 6) is 0. The van der Waals surface area contributed by atoms with E-state index in [0.29, 0.717) is 11.4 Å². The third-order valence-electron chi connectivity index (χ3n) is 3.78. The maximum atomic E-state index is 12.6. The van der Waals surface area contributed by atoms with Gasteiger partial charge >= 0.3 is 0 Å². The SMILES string of the molecule is Cn1c(=O)c(-n2cc(-c3ccccn3)nn2)cc2ccccc21. The van der Waals surface area contributed by atoms with E-state index in [9.17, 15) is 4.79 Å². The number of aryl methyl sites for hydroxylation is 1. The zero-order valence-electron chi connectivity index (χ0n) is 12.4. The van der Waals surface area contributed by atoms with Crippen LogP contribution < -0.4 is 5.56 Å². The highest BCUT2D eigenvalue weighted by molar-refractivity contribution is 5.80. The molecule has 0 aliphatic carbocycles. The Labute approximate surface area is 131 Å². The first-order valence-corrected chi connectivity index (χ1v) is 7.17. The number of fused-ring (bicyclic) bond motifs is 1. The number of nitrogens with zero attached hydrogens (tertiary/aromatic N) is 5. The van der Waals surface area contributed by atoms with Gasteiger partial charge in [-0.1, -0.05) is 29.5 Å². The second-order valence-corrected chi connectivity index (χ2v) is 5.22. The minimum Gasteiger partial charge on any atom is -0.309 e. The van der Waals surface area contributed by atoms with Crippen LogP contribution in [-0.2, 0) is 7.05 Å². The van der Waals surface area contributed by atoms with Crippen LogP contribution in [0.15, 0.2) is 65.7 Å². The fraction of sp³-hybridized carbons (Fsp3) is 0.0588. The van der Waals surface area contributed by atoms with Crippen LogP contribution in [0.25, 0.3) is 28.0 Å². The van der Waals surface area contributed by atoms with Gasteiger partial charge in [0.1, 0.15) is 11.4 Å². The van der Waals surface area contributed by atoms with Gasteiger partial charge in [0.05, 0.1) is 17.4 Å². The lowest BCUT2D eigenvalue weighted by Crippen LogP contribution is -2.22. The summed E-state index contributed by atoms with van der Waals surface area (Å²) < 4.78 is 3.12. The van der Waals surface area contributed by atoms with E-state index >= 15 is 0 Å². The van der Waals surface area contributed by atoms with E-state index < -0.39 is 0 Å². The van der Waals surface area contributed by atoms with Gasteiger partial charge in [-0.3, -0.25) is 9.78 Å². The van der Waals surface area contributed by atoms with Crippen LogP contribution >= 0.6 is 0 Å². The number of pyridine rings is 2. The molecule has 4 aromatic rings. The predicted octanol–water partition coefficient (Wildman–Crippen LogP) is 2.18. The van der Waals surface area contributed by atoms with Gasteiger partial charge in [0.2, 0.25) is 0 Å². The molecule has 0 fully saturated rings. The van der Waals surface area contributed by atoms with E-state index in [-0.39, 0.29) is 5.56 Å². The Bertz CT molecular complexity index is 1050.